The van der Waals surface area contributed by atoms with Crippen LogP contribution in [-0.4, -0.2) is 18.2 Å². The lowest BCUT2D eigenvalue weighted by Gasteiger charge is -2.30. The first kappa shape index (κ1) is 15.4. The quantitative estimate of drug-likeness (QED) is 0.852. The number of aliphatic hydroxyl groups excluding tert-OH is 1. The molecule has 1 aromatic carbocycles. The minimum absolute atomic E-state index is 0.0240. The molecule has 3 nitrogen and oxygen atoms in total. The summed E-state index contributed by atoms with van der Waals surface area (Å²) in [5, 5.41) is 10.4. The van der Waals surface area contributed by atoms with Gasteiger partial charge in [-0.15, -0.1) is 0 Å². The van der Waals surface area contributed by atoms with Gasteiger partial charge in [0.25, 0.3) is 0 Å². The van der Waals surface area contributed by atoms with Gasteiger partial charge in [-0.25, -0.2) is 4.39 Å². The van der Waals surface area contributed by atoms with E-state index in [2.05, 4.69) is 15.9 Å². The molecule has 1 saturated carbocycles. The second kappa shape index (κ2) is 6.68. The van der Waals surface area contributed by atoms with Gasteiger partial charge in [0.05, 0.1) is 19.1 Å². The molecule has 0 aliphatic heterocycles. The Morgan fingerprint density at radius 3 is 2.60 bits per heavy atom. The van der Waals surface area contributed by atoms with Crippen LogP contribution in [0.4, 0.5) is 4.39 Å². The predicted molar refractivity (Wildman–Crippen MR) is 76.5 cm³/mol. The highest BCUT2D eigenvalue weighted by molar-refractivity contribution is 9.10. The summed E-state index contributed by atoms with van der Waals surface area (Å²) in [5.41, 5.74) is 0.314. The van der Waals surface area contributed by atoms with Gasteiger partial charge in [-0.2, -0.15) is 0 Å². The van der Waals surface area contributed by atoms with Crippen LogP contribution in [0.15, 0.2) is 22.7 Å². The first-order chi connectivity index (χ1) is 9.54. The Bertz CT molecular complexity index is 464. The molecular formula is C15H18BrFO3. The Morgan fingerprint density at radius 1 is 1.40 bits per heavy atom. The molecule has 0 aromatic heterocycles. The minimum atomic E-state index is -0.843. The van der Waals surface area contributed by atoms with Crippen molar-refractivity contribution in [2.75, 3.05) is 7.11 Å². The molecule has 1 aromatic rings. The van der Waals surface area contributed by atoms with Crippen molar-refractivity contribution >= 4 is 21.9 Å². The summed E-state index contributed by atoms with van der Waals surface area (Å²) in [6.07, 6.45) is 1.91. The molecule has 110 valence electrons. The van der Waals surface area contributed by atoms with E-state index in [1.165, 1.54) is 13.2 Å². The molecule has 1 atom stereocenters. The number of hydrogen-bond acceptors (Lipinski definition) is 3. The highest BCUT2D eigenvalue weighted by Gasteiger charge is 2.32. The molecule has 0 heterocycles. The van der Waals surface area contributed by atoms with Crippen LogP contribution < -0.4 is 0 Å². The second-order valence-electron chi connectivity index (χ2n) is 5.22. The van der Waals surface area contributed by atoms with Crippen LogP contribution in [0.25, 0.3) is 0 Å². The zero-order valence-electron chi connectivity index (χ0n) is 11.3. The maximum Gasteiger partial charge on any atom is 0.308 e. The van der Waals surface area contributed by atoms with E-state index < -0.39 is 11.9 Å². The fourth-order valence-corrected chi connectivity index (χ4v) is 3.44. The zero-order chi connectivity index (χ0) is 14.7. The van der Waals surface area contributed by atoms with Crippen LogP contribution in [0.2, 0.25) is 0 Å². The number of aliphatic hydroxyl groups is 1. The number of rotatable bonds is 3. The molecule has 1 aliphatic carbocycles. The molecule has 1 N–H and O–H groups in total. The highest BCUT2D eigenvalue weighted by atomic mass is 79.9. The summed E-state index contributed by atoms with van der Waals surface area (Å²) in [5.74, 6) is -0.705. The molecule has 2 rings (SSSR count). The summed E-state index contributed by atoms with van der Waals surface area (Å²) in [7, 11) is 1.39. The van der Waals surface area contributed by atoms with Gasteiger partial charge in [0.15, 0.2) is 0 Å². The lowest BCUT2D eigenvalue weighted by Crippen LogP contribution is -2.26. The minimum Gasteiger partial charge on any atom is -0.469 e. The molecule has 0 saturated heterocycles. The molecular weight excluding hydrogens is 327 g/mol. The standard InChI is InChI=1S/C15H18BrFO3/c1-20-15(19)10-7-5-9(6-8-10)14(18)13-11(16)3-2-4-12(13)17/h2-4,9-10,14,18H,5-8H2,1H3/t9?,10?,14-/m1/s1. The molecule has 5 heteroatoms. The number of ether oxygens (including phenoxy) is 1. The third-order valence-electron chi connectivity index (χ3n) is 4.05. The zero-order valence-corrected chi connectivity index (χ0v) is 12.9. The lowest BCUT2D eigenvalue weighted by molar-refractivity contribution is -0.147. The van der Waals surface area contributed by atoms with E-state index in [4.69, 9.17) is 4.74 Å². The SMILES string of the molecule is COC(=O)C1CCC([C@@H](O)c2c(F)cccc2Br)CC1. The van der Waals surface area contributed by atoms with Gasteiger partial charge in [0.1, 0.15) is 5.82 Å². The van der Waals surface area contributed by atoms with E-state index in [0.29, 0.717) is 35.7 Å². The first-order valence-corrected chi connectivity index (χ1v) is 7.53. The summed E-state index contributed by atoms with van der Waals surface area (Å²) in [6, 6.07) is 4.68. The summed E-state index contributed by atoms with van der Waals surface area (Å²) < 4.78 is 19.2. The van der Waals surface area contributed by atoms with Crippen molar-refractivity contribution in [3.63, 3.8) is 0 Å². The summed E-state index contributed by atoms with van der Waals surface area (Å²) in [6.45, 7) is 0. The van der Waals surface area contributed by atoms with E-state index in [9.17, 15) is 14.3 Å². The highest BCUT2D eigenvalue weighted by Crippen LogP contribution is 2.40. The fourth-order valence-electron chi connectivity index (χ4n) is 2.87. The van der Waals surface area contributed by atoms with Crippen molar-refractivity contribution in [1.82, 2.24) is 0 Å². The Labute approximate surface area is 126 Å². The van der Waals surface area contributed by atoms with E-state index >= 15 is 0 Å². The Balaban J connectivity index is 2.05. The number of esters is 1. The number of halogens is 2. The third-order valence-corrected chi connectivity index (χ3v) is 4.74. The maximum atomic E-state index is 13.9. The maximum absolute atomic E-state index is 13.9. The van der Waals surface area contributed by atoms with Gasteiger partial charge in [-0.05, 0) is 43.7 Å². The van der Waals surface area contributed by atoms with Crippen LogP contribution in [-0.2, 0) is 9.53 Å². The lowest BCUT2D eigenvalue weighted by atomic mass is 9.78. The monoisotopic (exact) mass is 344 g/mol. The predicted octanol–water partition coefficient (Wildman–Crippen LogP) is 3.60. The van der Waals surface area contributed by atoms with Crippen LogP contribution in [0.1, 0.15) is 37.4 Å². The summed E-state index contributed by atoms with van der Waals surface area (Å²) >= 11 is 3.29. The number of carbonyl (C=O) groups is 1. The third kappa shape index (κ3) is 3.20. The van der Waals surface area contributed by atoms with E-state index in [-0.39, 0.29) is 17.8 Å². The normalized spacial score (nSPS) is 24.2. The largest absolute Gasteiger partial charge is 0.469 e. The van der Waals surface area contributed by atoms with Gasteiger partial charge in [-0.3, -0.25) is 4.79 Å². The molecule has 1 aliphatic rings. The average Bonchev–Trinajstić information content (AvgIpc) is 2.46. The van der Waals surface area contributed by atoms with Crippen molar-refractivity contribution in [2.24, 2.45) is 11.8 Å². The molecule has 0 spiro atoms. The van der Waals surface area contributed by atoms with Gasteiger partial charge >= 0.3 is 5.97 Å². The Hall–Kier alpha value is -0.940. The molecule has 0 radical (unpaired) electrons. The molecule has 0 amide bonds. The van der Waals surface area contributed by atoms with Crippen molar-refractivity contribution in [3.8, 4) is 0 Å². The first-order valence-electron chi connectivity index (χ1n) is 6.74. The van der Waals surface area contributed by atoms with Crippen molar-refractivity contribution < 1.29 is 19.0 Å². The second-order valence-corrected chi connectivity index (χ2v) is 6.07. The van der Waals surface area contributed by atoms with Gasteiger partial charge in [-0.1, -0.05) is 22.0 Å². The molecule has 0 bridgehead atoms. The van der Waals surface area contributed by atoms with Crippen molar-refractivity contribution in [2.45, 2.75) is 31.8 Å². The Kier molecular flexibility index (Phi) is 5.16. The number of methoxy groups -OCH3 is 1. The molecule has 1 fully saturated rings. The average molecular weight is 345 g/mol. The summed E-state index contributed by atoms with van der Waals surface area (Å²) in [4.78, 5) is 11.5. The number of hydrogen-bond donors (Lipinski definition) is 1. The number of benzene rings is 1. The van der Waals surface area contributed by atoms with Crippen LogP contribution in [0.5, 0.6) is 0 Å². The van der Waals surface area contributed by atoms with E-state index in [0.717, 1.165) is 0 Å². The van der Waals surface area contributed by atoms with Gasteiger partial charge < -0.3 is 9.84 Å². The van der Waals surface area contributed by atoms with E-state index in [1.54, 1.807) is 12.1 Å². The Morgan fingerprint density at radius 2 is 2.05 bits per heavy atom. The van der Waals surface area contributed by atoms with Gasteiger partial charge in [0, 0.05) is 10.0 Å². The fraction of sp³-hybridized carbons (Fsp3) is 0.533. The topological polar surface area (TPSA) is 46.5 Å². The van der Waals surface area contributed by atoms with E-state index in [1.807, 2.05) is 0 Å². The van der Waals surface area contributed by atoms with Crippen molar-refractivity contribution in [1.29, 1.82) is 0 Å². The van der Waals surface area contributed by atoms with Crippen LogP contribution in [0.3, 0.4) is 0 Å². The van der Waals surface area contributed by atoms with Crippen LogP contribution >= 0.6 is 15.9 Å². The van der Waals surface area contributed by atoms with Crippen LogP contribution in [0, 0.1) is 17.7 Å². The molecule has 20 heavy (non-hydrogen) atoms. The van der Waals surface area contributed by atoms with Gasteiger partial charge in [0.2, 0.25) is 0 Å². The van der Waals surface area contributed by atoms with Crippen molar-refractivity contribution in [3.05, 3.63) is 34.1 Å². The number of carbonyl (C=O) groups excluding carboxylic acids is 1. The smallest absolute Gasteiger partial charge is 0.308 e. The molecule has 0 unspecified atom stereocenters.